The number of thioether (sulfide) groups is 1. The number of hydrogen-bond donors (Lipinski definition) is 0. The highest BCUT2D eigenvalue weighted by atomic mass is 32.2. The van der Waals surface area contributed by atoms with Crippen molar-refractivity contribution in [1.29, 1.82) is 0 Å². The van der Waals surface area contributed by atoms with E-state index < -0.39 is 6.04 Å². The molecule has 0 N–H and O–H groups in total. The van der Waals surface area contributed by atoms with Crippen molar-refractivity contribution in [1.82, 2.24) is 0 Å². The Morgan fingerprint density at radius 2 is 1.50 bits per heavy atom. The second-order valence-electron chi connectivity index (χ2n) is 6.86. The van der Waals surface area contributed by atoms with Gasteiger partial charge in [-0.1, -0.05) is 48.5 Å². The van der Waals surface area contributed by atoms with Gasteiger partial charge in [0.1, 0.15) is 11.8 Å². The van der Waals surface area contributed by atoms with Gasteiger partial charge < -0.3 is 9.64 Å². The number of carbonyl (C=O) groups is 2. The van der Waals surface area contributed by atoms with Gasteiger partial charge in [0.2, 0.25) is 11.0 Å². The minimum atomic E-state index is -0.582. The fourth-order valence-electron chi connectivity index (χ4n) is 3.30. The van der Waals surface area contributed by atoms with E-state index in [1.54, 1.807) is 24.1 Å². The third-order valence-corrected chi connectivity index (χ3v) is 5.77. The molecule has 0 aliphatic rings. The van der Waals surface area contributed by atoms with E-state index in [-0.39, 0.29) is 11.0 Å². The van der Waals surface area contributed by atoms with Crippen molar-refractivity contribution in [2.75, 3.05) is 12.0 Å². The van der Waals surface area contributed by atoms with Crippen LogP contribution in [0.25, 0.3) is 0 Å². The Bertz CT molecular complexity index is 959. The van der Waals surface area contributed by atoms with Crippen LogP contribution in [0.3, 0.4) is 0 Å². The lowest BCUT2D eigenvalue weighted by atomic mass is 10.0. The summed E-state index contributed by atoms with van der Waals surface area (Å²) in [5.41, 5.74) is 1.82. The van der Waals surface area contributed by atoms with E-state index in [4.69, 9.17) is 4.74 Å². The average molecular weight is 420 g/mol. The number of nitrogens with zero attached hydrogens (tertiary/aromatic N) is 1. The Labute approximate surface area is 181 Å². The average Bonchev–Trinajstić information content (AvgIpc) is 2.78. The number of amides is 1. The molecule has 0 unspecified atom stereocenters. The number of methoxy groups -OCH3 is 1. The molecule has 0 heterocycles. The van der Waals surface area contributed by atoms with Crippen molar-refractivity contribution in [3.05, 3.63) is 90.5 Å². The summed E-state index contributed by atoms with van der Waals surface area (Å²) in [6, 6.07) is 26.2. The number of rotatable bonds is 8. The Morgan fingerprint density at radius 1 is 0.900 bits per heavy atom. The molecule has 0 spiro atoms. The molecule has 1 amide bonds. The number of benzene rings is 3. The molecule has 0 aliphatic carbocycles. The van der Waals surface area contributed by atoms with Crippen LogP contribution in [0.2, 0.25) is 0 Å². The van der Waals surface area contributed by atoms with Gasteiger partial charge in [-0.05, 0) is 66.6 Å². The Balaban J connectivity index is 1.89. The van der Waals surface area contributed by atoms with E-state index >= 15 is 0 Å². The first-order valence-electron chi connectivity index (χ1n) is 9.83. The minimum Gasteiger partial charge on any atom is -0.497 e. The molecule has 0 bridgehead atoms. The molecule has 4 nitrogen and oxygen atoms in total. The maximum absolute atomic E-state index is 13.3. The highest BCUT2D eigenvalue weighted by Crippen LogP contribution is 2.29. The zero-order valence-corrected chi connectivity index (χ0v) is 18.0. The molecule has 0 aromatic heterocycles. The van der Waals surface area contributed by atoms with E-state index in [0.717, 1.165) is 10.5 Å². The Hall–Kier alpha value is -3.05. The highest BCUT2D eigenvalue weighted by Gasteiger charge is 2.29. The first kappa shape index (κ1) is 21.7. The van der Waals surface area contributed by atoms with Gasteiger partial charge in [0.15, 0.2) is 0 Å². The maximum atomic E-state index is 13.3. The summed E-state index contributed by atoms with van der Waals surface area (Å²) in [4.78, 5) is 28.4. The van der Waals surface area contributed by atoms with E-state index in [1.807, 2.05) is 72.8 Å². The van der Waals surface area contributed by atoms with Crippen LogP contribution in [-0.4, -0.2) is 24.2 Å². The van der Waals surface area contributed by atoms with Crippen molar-refractivity contribution in [2.24, 2.45) is 0 Å². The highest BCUT2D eigenvalue weighted by molar-refractivity contribution is 8.13. The number of aryl methyl sites for hydroxylation is 1. The van der Waals surface area contributed by atoms with E-state index in [0.29, 0.717) is 24.3 Å². The minimum absolute atomic E-state index is 0.0526. The molecule has 3 aromatic rings. The SMILES string of the molecule is COc1ccc(N(C(C)=O)[C@H](CCc2ccccc2)C(=O)Sc2ccccc2)cc1. The van der Waals surface area contributed by atoms with Crippen LogP contribution in [0.1, 0.15) is 18.9 Å². The predicted octanol–water partition coefficient (Wildman–Crippen LogP) is 5.37. The van der Waals surface area contributed by atoms with Crippen molar-refractivity contribution < 1.29 is 14.3 Å². The van der Waals surface area contributed by atoms with Crippen molar-refractivity contribution >= 4 is 28.5 Å². The molecule has 0 radical (unpaired) electrons. The quantitative estimate of drug-likeness (QED) is 0.461. The van der Waals surface area contributed by atoms with Gasteiger partial charge in [0.25, 0.3) is 0 Å². The predicted molar refractivity (Wildman–Crippen MR) is 122 cm³/mol. The molecule has 1 atom stereocenters. The molecule has 0 fully saturated rings. The molecular formula is C25H25NO3S. The Morgan fingerprint density at radius 3 is 2.07 bits per heavy atom. The number of anilines is 1. The Kier molecular flexibility index (Phi) is 7.69. The second kappa shape index (κ2) is 10.6. The summed E-state index contributed by atoms with van der Waals surface area (Å²) in [7, 11) is 1.60. The van der Waals surface area contributed by atoms with Crippen molar-refractivity contribution in [3.63, 3.8) is 0 Å². The van der Waals surface area contributed by atoms with Gasteiger partial charge in [0, 0.05) is 17.5 Å². The van der Waals surface area contributed by atoms with Gasteiger partial charge >= 0.3 is 0 Å². The molecular weight excluding hydrogens is 394 g/mol. The van der Waals surface area contributed by atoms with Crippen LogP contribution < -0.4 is 9.64 Å². The number of carbonyl (C=O) groups excluding carboxylic acids is 2. The van der Waals surface area contributed by atoms with E-state index in [2.05, 4.69) is 0 Å². The lowest BCUT2D eigenvalue weighted by Gasteiger charge is -2.30. The van der Waals surface area contributed by atoms with Crippen LogP contribution in [0.4, 0.5) is 5.69 Å². The van der Waals surface area contributed by atoms with E-state index in [9.17, 15) is 9.59 Å². The summed E-state index contributed by atoms with van der Waals surface area (Å²) >= 11 is 1.18. The molecule has 30 heavy (non-hydrogen) atoms. The lowest BCUT2D eigenvalue weighted by molar-refractivity contribution is -0.120. The zero-order chi connectivity index (χ0) is 21.3. The molecule has 0 saturated heterocycles. The van der Waals surface area contributed by atoms with Crippen LogP contribution in [0.5, 0.6) is 5.75 Å². The smallest absolute Gasteiger partial charge is 0.224 e. The number of ether oxygens (including phenoxy) is 1. The lowest BCUT2D eigenvalue weighted by Crippen LogP contribution is -2.43. The molecule has 5 heteroatoms. The van der Waals surface area contributed by atoms with Crippen molar-refractivity contribution in [2.45, 2.75) is 30.7 Å². The second-order valence-corrected chi connectivity index (χ2v) is 7.94. The van der Waals surface area contributed by atoms with Gasteiger partial charge in [-0.15, -0.1) is 0 Å². The van der Waals surface area contributed by atoms with Crippen LogP contribution >= 0.6 is 11.8 Å². The molecule has 0 saturated carbocycles. The van der Waals surface area contributed by atoms with Crippen LogP contribution in [-0.2, 0) is 16.0 Å². The number of hydrogen-bond acceptors (Lipinski definition) is 4. The van der Waals surface area contributed by atoms with Gasteiger partial charge in [0.05, 0.1) is 7.11 Å². The normalized spacial score (nSPS) is 11.5. The largest absolute Gasteiger partial charge is 0.497 e. The monoisotopic (exact) mass is 419 g/mol. The van der Waals surface area contributed by atoms with Gasteiger partial charge in [-0.2, -0.15) is 0 Å². The standard InChI is InChI=1S/C25H25NO3S/c1-19(27)26(21-14-16-22(29-2)17-15-21)24(18-13-20-9-5-3-6-10-20)25(28)30-23-11-7-4-8-12-23/h3-12,14-17,24H,13,18H2,1-2H3/t24-/m1/s1. The summed E-state index contributed by atoms with van der Waals surface area (Å²) in [5, 5.41) is -0.0526. The first-order chi connectivity index (χ1) is 14.6. The molecule has 3 aromatic carbocycles. The zero-order valence-electron chi connectivity index (χ0n) is 17.2. The third kappa shape index (κ3) is 5.74. The maximum Gasteiger partial charge on any atom is 0.224 e. The van der Waals surface area contributed by atoms with Crippen molar-refractivity contribution in [3.8, 4) is 5.75 Å². The van der Waals surface area contributed by atoms with E-state index in [1.165, 1.54) is 18.7 Å². The molecule has 0 aliphatic heterocycles. The summed E-state index contributed by atoms with van der Waals surface area (Å²) in [6.45, 7) is 1.50. The topological polar surface area (TPSA) is 46.6 Å². The summed E-state index contributed by atoms with van der Waals surface area (Å²) in [6.07, 6.45) is 1.24. The fourth-order valence-corrected chi connectivity index (χ4v) is 4.18. The van der Waals surface area contributed by atoms with Gasteiger partial charge in [-0.3, -0.25) is 9.59 Å². The molecule has 154 valence electrons. The fraction of sp³-hybridized carbons (Fsp3) is 0.200. The first-order valence-corrected chi connectivity index (χ1v) is 10.6. The summed E-state index contributed by atoms with van der Waals surface area (Å²) < 4.78 is 5.23. The summed E-state index contributed by atoms with van der Waals surface area (Å²) in [5.74, 6) is 0.535. The third-order valence-electron chi connectivity index (χ3n) is 4.78. The van der Waals surface area contributed by atoms with Gasteiger partial charge in [-0.25, -0.2) is 0 Å². The molecule has 3 rings (SSSR count). The van der Waals surface area contributed by atoms with Crippen LogP contribution in [0, 0.1) is 0 Å². The van der Waals surface area contributed by atoms with Crippen LogP contribution in [0.15, 0.2) is 89.8 Å².